The molecule has 5 heteroatoms. The lowest BCUT2D eigenvalue weighted by atomic mass is 10.1. The van der Waals surface area contributed by atoms with Crippen molar-refractivity contribution >= 4 is 17.2 Å². The zero-order chi connectivity index (χ0) is 13.9. The van der Waals surface area contributed by atoms with Crippen LogP contribution in [-0.2, 0) is 11.3 Å². The van der Waals surface area contributed by atoms with Crippen LogP contribution in [0.5, 0.6) is 0 Å². The molecule has 1 atom stereocenters. The Labute approximate surface area is 123 Å². The van der Waals surface area contributed by atoms with Gasteiger partial charge in [0.05, 0.1) is 11.4 Å². The molecular weight excluding hydrogens is 270 g/mol. The first-order valence-electron chi connectivity index (χ1n) is 7.06. The van der Waals surface area contributed by atoms with Gasteiger partial charge in [-0.1, -0.05) is 11.8 Å². The quantitative estimate of drug-likeness (QED) is 0.822. The van der Waals surface area contributed by atoms with Crippen molar-refractivity contribution in [3.63, 3.8) is 0 Å². The molecular formula is C15H19N3OS. The molecule has 1 amide bonds. The van der Waals surface area contributed by atoms with E-state index in [1.165, 1.54) is 4.88 Å². The predicted molar refractivity (Wildman–Crippen MR) is 80.3 cm³/mol. The lowest BCUT2D eigenvalue weighted by Crippen LogP contribution is -2.50. The summed E-state index contributed by atoms with van der Waals surface area (Å²) >= 11 is 1.74. The molecule has 0 bridgehead atoms. The summed E-state index contributed by atoms with van der Waals surface area (Å²) in [6.45, 7) is 4.24. The highest BCUT2D eigenvalue weighted by Crippen LogP contribution is 2.25. The Kier molecular flexibility index (Phi) is 4.06. The fourth-order valence-electron chi connectivity index (χ4n) is 2.96. The van der Waals surface area contributed by atoms with E-state index in [9.17, 15) is 4.79 Å². The first kappa shape index (κ1) is 13.6. The third kappa shape index (κ3) is 2.88. The van der Waals surface area contributed by atoms with Gasteiger partial charge in [-0.3, -0.25) is 9.69 Å². The number of thiophene rings is 1. The van der Waals surface area contributed by atoms with E-state index in [0.29, 0.717) is 18.5 Å². The Balaban J connectivity index is 1.59. The Morgan fingerprint density at radius 1 is 1.40 bits per heavy atom. The topological polar surface area (TPSA) is 49.6 Å². The van der Waals surface area contributed by atoms with Gasteiger partial charge in [-0.05, 0) is 18.6 Å². The van der Waals surface area contributed by atoms with Gasteiger partial charge in [0, 0.05) is 43.5 Å². The lowest BCUT2D eigenvalue weighted by molar-refractivity contribution is -0.130. The summed E-state index contributed by atoms with van der Waals surface area (Å²) in [4.78, 5) is 18.6. The van der Waals surface area contributed by atoms with Gasteiger partial charge in [-0.15, -0.1) is 11.3 Å². The van der Waals surface area contributed by atoms with Crippen LogP contribution < -0.4 is 5.73 Å². The van der Waals surface area contributed by atoms with Crippen LogP contribution in [0.1, 0.15) is 22.6 Å². The molecule has 0 saturated carbocycles. The van der Waals surface area contributed by atoms with E-state index in [4.69, 9.17) is 5.73 Å². The van der Waals surface area contributed by atoms with Crippen LogP contribution in [0, 0.1) is 11.8 Å². The maximum atomic E-state index is 11.7. The first-order valence-corrected chi connectivity index (χ1v) is 7.87. The summed E-state index contributed by atoms with van der Waals surface area (Å²) in [5.74, 6) is 6.30. The number of carbonyl (C=O) groups is 1. The van der Waals surface area contributed by atoms with Gasteiger partial charge in [0.2, 0.25) is 5.91 Å². The number of piperazine rings is 1. The van der Waals surface area contributed by atoms with E-state index < -0.39 is 0 Å². The van der Waals surface area contributed by atoms with E-state index in [-0.39, 0.29) is 0 Å². The molecule has 3 rings (SSSR count). The Morgan fingerprint density at radius 2 is 2.30 bits per heavy atom. The predicted octanol–water partition coefficient (Wildman–Crippen LogP) is 0.865. The summed E-state index contributed by atoms with van der Waals surface area (Å²) in [7, 11) is 0. The fourth-order valence-corrected chi connectivity index (χ4v) is 3.89. The fraction of sp³-hybridized carbons (Fsp3) is 0.533. The molecule has 0 radical (unpaired) electrons. The van der Waals surface area contributed by atoms with Gasteiger partial charge < -0.3 is 10.6 Å². The molecule has 2 aliphatic heterocycles. The van der Waals surface area contributed by atoms with Gasteiger partial charge in [0.1, 0.15) is 0 Å². The Hall–Kier alpha value is -1.35. The molecule has 1 aromatic heterocycles. The van der Waals surface area contributed by atoms with Crippen LogP contribution in [0.4, 0.5) is 0 Å². The van der Waals surface area contributed by atoms with E-state index in [1.54, 1.807) is 11.3 Å². The van der Waals surface area contributed by atoms with Crippen LogP contribution in [0.25, 0.3) is 0 Å². The van der Waals surface area contributed by atoms with Crippen molar-refractivity contribution in [1.29, 1.82) is 0 Å². The van der Waals surface area contributed by atoms with E-state index in [1.807, 2.05) is 0 Å². The summed E-state index contributed by atoms with van der Waals surface area (Å²) in [6, 6.07) is 4.66. The number of hydrogen-bond acceptors (Lipinski definition) is 4. The molecule has 0 aromatic carbocycles. The standard InChI is InChI=1S/C15H19N3OS/c16-7-1-2-13-4-5-14(20-13)11-17-8-9-18-12(10-17)3-6-15(18)19/h4-5,12H,3,6-11,16H2. The normalized spacial score (nSPS) is 22.6. The maximum Gasteiger partial charge on any atom is 0.222 e. The van der Waals surface area contributed by atoms with Gasteiger partial charge in [-0.25, -0.2) is 0 Å². The van der Waals surface area contributed by atoms with Crippen LogP contribution in [0.15, 0.2) is 12.1 Å². The van der Waals surface area contributed by atoms with Crippen molar-refractivity contribution in [1.82, 2.24) is 9.80 Å². The third-order valence-electron chi connectivity index (χ3n) is 3.93. The molecule has 2 saturated heterocycles. The Morgan fingerprint density at radius 3 is 3.15 bits per heavy atom. The van der Waals surface area contributed by atoms with Crippen LogP contribution >= 0.6 is 11.3 Å². The molecule has 0 aliphatic carbocycles. The molecule has 20 heavy (non-hydrogen) atoms. The largest absolute Gasteiger partial charge is 0.337 e. The van der Waals surface area contributed by atoms with Crippen molar-refractivity contribution in [3.8, 4) is 11.8 Å². The SMILES string of the molecule is NCC#Cc1ccc(CN2CCN3C(=O)CCC3C2)s1. The lowest BCUT2D eigenvalue weighted by Gasteiger charge is -2.37. The second kappa shape index (κ2) is 5.96. The summed E-state index contributed by atoms with van der Waals surface area (Å²) in [5.41, 5.74) is 5.38. The van der Waals surface area contributed by atoms with Gasteiger partial charge in [0.15, 0.2) is 0 Å². The number of rotatable bonds is 2. The summed E-state index contributed by atoms with van der Waals surface area (Å²) < 4.78 is 0. The zero-order valence-electron chi connectivity index (χ0n) is 11.5. The average Bonchev–Trinajstić information content (AvgIpc) is 3.04. The van der Waals surface area contributed by atoms with Crippen LogP contribution in [0.3, 0.4) is 0 Å². The minimum Gasteiger partial charge on any atom is -0.337 e. The van der Waals surface area contributed by atoms with Gasteiger partial charge >= 0.3 is 0 Å². The molecule has 2 aliphatic rings. The van der Waals surface area contributed by atoms with Crippen molar-refractivity contribution in [2.24, 2.45) is 5.73 Å². The first-order chi connectivity index (χ1) is 9.76. The van der Waals surface area contributed by atoms with Gasteiger partial charge in [-0.2, -0.15) is 0 Å². The van der Waals surface area contributed by atoms with Crippen molar-refractivity contribution in [2.45, 2.75) is 25.4 Å². The van der Waals surface area contributed by atoms with Crippen LogP contribution in [-0.4, -0.2) is 47.9 Å². The molecule has 1 aromatic rings. The van der Waals surface area contributed by atoms with Crippen molar-refractivity contribution in [2.75, 3.05) is 26.2 Å². The molecule has 1 unspecified atom stereocenters. The Bertz CT molecular complexity index is 557. The number of carbonyl (C=O) groups excluding carboxylic acids is 1. The number of nitrogens with zero attached hydrogens (tertiary/aromatic N) is 2. The van der Waals surface area contributed by atoms with Crippen molar-refractivity contribution < 1.29 is 4.79 Å². The minimum atomic E-state index is 0.338. The highest BCUT2D eigenvalue weighted by atomic mass is 32.1. The third-order valence-corrected chi connectivity index (χ3v) is 4.92. The molecule has 3 heterocycles. The monoisotopic (exact) mass is 289 g/mol. The minimum absolute atomic E-state index is 0.338. The zero-order valence-corrected chi connectivity index (χ0v) is 12.3. The molecule has 106 valence electrons. The summed E-state index contributed by atoms with van der Waals surface area (Å²) in [5, 5.41) is 0. The second-order valence-corrected chi connectivity index (χ2v) is 6.45. The van der Waals surface area contributed by atoms with Crippen LogP contribution in [0.2, 0.25) is 0 Å². The molecule has 2 N–H and O–H groups in total. The second-order valence-electron chi connectivity index (χ2n) is 5.29. The number of nitrogens with two attached hydrogens (primary N) is 1. The average molecular weight is 289 g/mol. The van der Waals surface area contributed by atoms with Crippen molar-refractivity contribution in [3.05, 3.63) is 21.9 Å². The summed E-state index contributed by atoms with van der Waals surface area (Å²) in [6.07, 6.45) is 1.75. The highest BCUT2D eigenvalue weighted by molar-refractivity contribution is 7.12. The highest BCUT2D eigenvalue weighted by Gasteiger charge is 2.35. The number of hydrogen-bond donors (Lipinski definition) is 1. The smallest absolute Gasteiger partial charge is 0.222 e. The molecule has 0 spiro atoms. The van der Waals surface area contributed by atoms with Gasteiger partial charge in [0.25, 0.3) is 0 Å². The van der Waals surface area contributed by atoms with E-state index in [0.717, 1.165) is 43.9 Å². The van der Waals surface area contributed by atoms with E-state index in [2.05, 4.69) is 33.8 Å². The molecule has 4 nitrogen and oxygen atoms in total. The maximum absolute atomic E-state index is 11.7. The number of fused-ring (bicyclic) bond motifs is 1. The van der Waals surface area contributed by atoms with E-state index >= 15 is 0 Å². The number of amides is 1. The molecule has 2 fully saturated rings.